The Kier molecular flexibility index (Phi) is 6.02. The minimum absolute atomic E-state index is 0.0484. The van der Waals surface area contributed by atoms with Crippen molar-refractivity contribution in [2.24, 2.45) is 0 Å². The van der Waals surface area contributed by atoms with Gasteiger partial charge in [0.1, 0.15) is 10.8 Å². The molecule has 4 rings (SSSR count). The summed E-state index contributed by atoms with van der Waals surface area (Å²) in [4.78, 5) is 9.63. The van der Waals surface area contributed by atoms with Gasteiger partial charge in [-0.2, -0.15) is 9.61 Å². The van der Waals surface area contributed by atoms with Crippen LogP contribution in [0.3, 0.4) is 0 Å². The quantitative estimate of drug-likeness (QED) is 0.536. The van der Waals surface area contributed by atoms with E-state index in [4.69, 9.17) is 5.10 Å². The number of fused-ring (bicyclic) bond motifs is 1. The maximum atomic E-state index is 13.8. The Morgan fingerprint density at radius 3 is 2.22 bits per heavy atom. The fourth-order valence-electron chi connectivity index (χ4n) is 3.96. The maximum absolute atomic E-state index is 13.8. The SMILES string of the molecule is CSc1nn2c(N3CCN(C)CC3)cc(C)nc2c1S(=O)(=O)c1ccc(C(C)(C)C)cc1. The zero-order chi connectivity index (χ0) is 23.3. The van der Waals surface area contributed by atoms with Crippen LogP contribution in [0.15, 0.2) is 45.1 Å². The summed E-state index contributed by atoms with van der Waals surface area (Å²) in [6, 6.07) is 9.17. The molecule has 2 aromatic heterocycles. The summed E-state index contributed by atoms with van der Waals surface area (Å²) < 4.78 is 29.2. The number of piperazine rings is 1. The molecule has 0 atom stereocenters. The van der Waals surface area contributed by atoms with Gasteiger partial charge in [0, 0.05) is 37.9 Å². The molecule has 0 bridgehead atoms. The first-order valence-corrected chi connectivity index (χ1v) is 13.5. The van der Waals surface area contributed by atoms with E-state index >= 15 is 0 Å². The van der Waals surface area contributed by atoms with Crippen molar-refractivity contribution in [3.63, 3.8) is 0 Å². The van der Waals surface area contributed by atoms with Gasteiger partial charge in [0.15, 0.2) is 10.5 Å². The molecule has 0 amide bonds. The van der Waals surface area contributed by atoms with Crippen LogP contribution in [-0.2, 0) is 15.3 Å². The van der Waals surface area contributed by atoms with Gasteiger partial charge in [-0.25, -0.2) is 13.4 Å². The predicted molar refractivity (Wildman–Crippen MR) is 130 cm³/mol. The van der Waals surface area contributed by atoms with Crippen molar-refractivity contribution in [1.29, 1.82) is 0 Å². The summed E-state index contributed by atoms with van der Waals surface area (Å²) in [5.74, 6) is 0.889. The number of nitrogens with zero attached hydrogens (tertiary/aromatic N) is 5. The van der Waals surface area contributed by atoms with Gasteiger partial charge < -0.3 is 9.80 Å². The maximum Gasteiger partial charge on any atom is 0.213 e. The third kappa shape index (κ3) is 4.13. The summed E-state index contributed by atoms with van der Waals surface area (Å²) in [7, 11) is -1.68. The lowest BCUT2D eigenvalue weighted by Gasteiger charge is -2.34. The molecule has 0 radical (unpaired) electrons. The molecular weight excluding hydrogens is 442 g/mol. The Balaban J connectivity index is 1.87. The van der Waals surface area contributed by atoms with Crippen LogP contribution in [0.5, 0.6) is 0 Å². The van der Waals surface area contributed by atoms with Gasteiger partial charge in [-0.1, -0.05) is 32.9 Å². The topological polar surface area (TPSA) is 70.8 Å². The number of likely N-dealkylation sites (N-methyl/N-ethyl adjacent to an activating group) is 1. The van der Waals surface area contributed by atoms with Crippen molar-refractivity contribution < 1.29 is 8.42 Å². The van der Waals surface area contributed by atoms with E-state index in [1.807, 2.05) is 31.4 Å². The summed E-state index contributed by atoms with van der Waals surface area (Å²) in [5, 5.41) is 5.17. The van der Waals surface area contributed by atoms with Gasteiger partial charge in [-0.15, -0.1) is 11.8 Å². The van der Waals surface area contributed by atoms with Crippen LogP contribution in [0, 0.1) is 6.92 Å². The number of hydrogen-bond donors (Lipinski definition) is 0. The van der Waals surface area contributed by atoms with Gasteiger partial charge in [0.2, 0.25) is 9.84 Å². The highest BCUT2D eigenvalue weighted by atomic mass is 32.2. The first kappa shape index (κ1) is 23.1. The molecule has 1 fully saturated rings. The van der Waals surface area contributed by atoms with Gasteiger partial charge >= 0.3 is 0 Å². The highest BCUT2D eigenvalue weighted by Gasteiger charge is 2.31. The average Bonchev–Trinajstić information content (AvgIpc) is 3.12. The molecular formula is C23H31N5O2S2. The van der Waals surface area contributed by atoms with E-state index in [0.717, 1.165) is 43.3 Å². The Morgan fingerprint density at radius 2 is 1.66 bits per heavy atom. The summed E-state index contributed by atoms with van der Waals surface area (Å²) in [6.07, 6.45) is 1.85. The zero-order valence-electron chi connectivity index (χ0n) is 19.6. The number of thioether (sulfide) groups is 1. The Bertz CT molecular complexity index is 1240. The van der Waals surface area contributed by atoms with Crippen LogP contribution in [0.1, 0.15) is 32.0 Å². The van der Waals surface area contributed by atoms with Crippen molar-refractivity contribution in [3.8, 4) is 0 Å². The van der Waals surface area contributed by atoms with Gasteiger partial charge in [0.05, 0.1) is 4.90 Å². The molecule has 0 unspecified atom stereocenters. The first-order valence-electron chi connectivity index (χ1n) is 10.8. The van der Waals surface area contributed by atoms with Crippen molar-refractivity contribution >= 4 is 33.1 Å². The number of aromatic nitrogens is 3. The second-order valence-corrected chi connectivity index (χ2v) is 12.1. The largest absolute Gasteiger partial charge is 0.354 e. The highest BCUT2D eigenvalue weighted by Crippen LogP contribution is 2.35. The molecule has 0 spiro atoms. The number of anilines is 1. The standard InChI is InChI=1S/C23H31N5O2S2/c1-16-15-19(27-13-11-26(5)12-14-27)28-21(24-16)20(22(25-28)31-6)32(29,30)18-9-7-17(8-10-18)23(2,3)4/h7-10,15H,11-14H2,1-6H3. The molecule has 172 valence electrons. The van der Waals surface area contributed by atoms with E-state index in [0.29, 0.717) is 10.7 Å². The molecule has 1 saturated heterocycles. The van der Waals surface area contributed by atoms with Crippen molar-refractivity contribution in [1.82, 2.24) is 19.5 Å². The first-order chi connectivity index (χ1) is 15.0. The molecule has 3 aromatic rings. The van der Waals surface area contributed by atoms with Crippen molar-refractivity contribution in [3.05, 3.63) is 41.6 Å². The van der Waals surface area contributed by atoms with E-state index in [1.54, 1.807) is 16.6 Å². The van der Waals surface area contributed by atoms with Crippen molar-refractivity contribution in [2.75, 3.05) is 44.4 Å². The molecule has 32 heavy (non-hydrogen) atoms. The van der Waals surface area contributed by atoms with E-state index in [2.05, 4.69) is 42.6 Å². The third-order valence-electron chi connectivity index (χ3n) is 5.95. The summed E-state index contributed by atoms with van der Waals surface area (Å²) in [5.41, 5.74) is 2.21. The Hall–Kier alpha value is -2.10. The normalized spacial score (nSPS) is 16.1. The van der Waals surface area contributed by atoms with Crippen LogP contribution in [0.4, 0.5) is 5.82 Å². The van der Waals surface area contributed by atoms with E-state index in [1.165, 1.54) is 11.8 Å². The molecule has 1 aliphatic heterocycles. The number of hydrogen-bond acceptors (Lipinski definition) is 7. The lowest BCUT2D eigenvalue weighted by atomic mass is 9.87. The number of rotatable bonds is 4. The molecule has 7 nitrogen and oxygen atoms in total. The van der Waals surface area contributed by atoms with E-state index in [9.17, 15) is 8.42 Å². The second kappa shape index (κ2) is 8.35. The molecule has 3 heterocycles. The van der Waals surface area contributed by atoms with Crippen LogP contribution in [0.25, 0.3) is 5.65 Å². The van der Waals surface area contributed by atoms with Crippen LogP contribution < -0.4 is 4.90 Å². The molecule has 0 aliphatic carbocycles. The third-order valence-corrected chi connectivity index (χ3v) is 8.55. The molecule has 1 aliphatic rings. The van der Waals surface area contributed by atoms with Crippen LogP contribution >= 0.6 is 11.8 Å². The lowest BCUT2D eigenvalue weighted by Crippen LogP contribution is -2.45. The Labute approximate surface area is 194 Å². The second-order valence-electron chi connectivity index (χ2n) is 9.40. The molecule has 0 N–H and O–H groups in total. The van der Waals surface area contributed by atoms with E-state index < -0.39 is 9.84 Å². The highest BCUT2D eigenvalue weighted by molar-refractivity contribution is 7.99. The number of benzene rings is 1. The monoisotopic (exact) mass is 473 g/mol. The number of aryl methyl sites for hydroxylation is 1. The smallest absolute Gasteiger partial charge is 0.213 e. The number of sulfone groups is 1. The van der Waals surface area contributed by atoms with Gasteiger partial charge in [0.25, 0.3) is 0 Å². The van der Waals surface area contributed by atoms with Gasteiger partial charge in [-0.3, -0.25) is 0 Å². The fraction of sp³-hybridized carbons (Fsp3) is 0.478. The van der Waals surface area contributed by atoms with E-state index in [-0.39, 0.29) is 15.2 Å². The summed E-state index contributed by atoms with van der Waals surface area (Å²) >= 11 is 1.33. The minimum Gasteiger partial charge on any atom is -0.354 e. The summed E-state index contributed by atoms with van der Waals surface area (Å²) in [6.45, 7) is 11.9. The molecule has 1 aromatic carbocycles. The molecule has 9 heteroatoms. The average molecular weight is 474 g/mol. The molecule has 0 saturated carbocycles. The van der Waals surface area contributed by atoms with Crippen molar-refractivity contribution in [2.45, 2.75) is 47.9 Å². The fourth-order valence-corrected chi connectivity index (χ4v) is 6.35. The Morgan fingerprint density at radius 1 is 1.03 bits per heavy atom. The van der Waals surface area contributed by atoms with Crippen LogP contribution in [0.2, 0.25) is 0 Å². The minimum atomic E-state index is -3.79. The lowest BCUT2D eigenvalue weighted by molar-refractivity contribution is 0.311. The van der Waals surface area contributed by atoms with Gasteiger partial charge in [-0.05, 0) is 43.3 Å². The zero-order valence-corrected chi connectivity index (χ0v) is 21.2. The van der Waals surface area contributed by atoms with Crippen LogP contribution in [-0.4, -0.2) is 67.4 Å². The predicted octanol–water partition coefficient (Wildman–Crippen LogP) is 3.64.